The molecule has 0 spiro atoms. The van der Waals surface area contributed by atoms with Crippen molar-refractivity contribution in [3.63, 3.8) is 0 Å². The molecule has 0 radical (unpaired) electrons. The van der Waals surface area contributed by atoms with Crippen LogP contribution in [-0.4, -0.2) is 0 Å². The number of aryl methyl sites for hydroxylation is 1. The molecule has 0 saturated heterocycles. The van der Waals surface area contributed by atoms with Gasteiger partial charge in [-0.05, 0) is 71.5 Å². The lowest BCUT2D eigenvalue weighted by Gasteiger charge is -2.10. The van der Waals surface area contributed by atoms with Crippen LogP contribution in [0.4, 0.5) is 0 Å². The summed E-state index contributed by atoms with van der Waals surface area (Å²) < 4.78 is 5.93. The molecule has 0 heterocycles. The summed E-state index contributed by atoms with van der Waals surface area (Å²) in [5.41, 5.74) is 9.01. The van der Waals surface area contributed by atoms with Crippen molar-refractivity contribution < 1.29 is 4.74 Å². The smallest absolute Gasteiger partial charge is 0.127 e. The zero-order valence-electron chi connectivity index (χ0n) is 18.1. The van der Waals surface area contributed by atoms with Gasteiger partial charge in [-0.15, -0.1) is 0 Å². The van der Waals surface area contributed by atoms with Crippen molar-refractivity contribution in [1.29, 1.82) is 0 Å². The fourth-order valence-electron chi connectivity index (χ4n) is 3.44. The zero-order valence-corrected chi connectivity index (χ0v) is 18.1. The number of hydrogen-bond acceptors (Lipinski definition) is 1. The summed E-state index contributed by atoms with van der Waals surface area (Å²) in [6.07, 6.45) is 0. The van der Waals surface area contributed by atoms with Crippen LogP contribution in [0, 0.1) is 6.92 Å². The third-order valence-electron chi connectivity index (χ3n) is 5.40. The van der Waals surface area contributed by atoms with Gasteiger partial charge in [0.25, 0.3) is 0 Å². The highest BCUT2D eigenvalue weighted by molar-refractivity contribution is 5.80. The second-order valence-electron chi connectivity index (χ2n) is 7.85. The standard InChI is InChI=1S/C30H26O/c1-21(2)24-7-9-25(10-8-24)23(4)26-11-13-27(14-12-26)28-15-19-30(20-16-28)31-29-17-5-22(3)6-18-29/h5-20H,1,4H2,2-3H3. The molecule has 0 unspecified atom stereocenters. The van der Waals surface area contributed by atoms with Crippen molar-refractivity contribution in [2.45, 2.75) is 13.8 Å². The summed E-state index contributed by atoms with van der Waals surface area (Å²) >= 11 is 0. The minimum atomic E-state index is 0.829. The molecule has 0 N–H and O–H groups in total. The Morgan fingerprint density at radius 3 is 1.42 bits per heavy atom. The van der Waals surface area contributed by atoms with Crippen LogP contribution in [0.2, 0.25) is 0 Å². The van der Waals surface area contributed by atoms with E-state index in [1.807, 2.05) is 43.3 Å². The molecule has 152 valence electrons. The Morgan fingerprint density at radius 2 is 0.935 bits per heavy atom. The molecule has 0 bridgehead atoms. The van der Waals surface area contributed by atoms with Crippen molar-refractivity contribution in [2.24, 2.45) is 0 Å². The van der Waals surface area contributed by atoms with Crippen LogP contribution < -0.4 is 4.74 Å². The first-order chi connectivity index (χ1) is 15.0. The molecule has 31 heavy (non-hydrogen) atoms. The first-order valence-corrected chi connectivity index (χ1v) is 10.4. The highest BCUT2D eigenvalue weighted by Crippen LogP contribution is 2.29. The molecule has 0 fully saturated rings. The molecule has 0 aromatic heterocycles. The van der Waals surface area contributed by atoms with Gasteiger partial charge in [-0.25, -0.2) is 0 Å². The fraction of sp³-hybridized carbons (Fsp3) is 0.0667. The summed E-state index contributed by atoms with van der Waals surface area (Å²) in [5.74, 6) is 1.67. The van der Waals surface area contributed by atoms with Crippen LogP contribution in [-0.2, 0) is 0 Å². The number of benzene rings is 4. The van der Waals surface area contributed by atoms with Crippen molar-refractivity contribution in [1.82, 2.24) is 0 Å². The van der Waals surface area contributed by atoms with Gasteiger partial charge in [-0.2, -0.15) is 0 Å². The summed E-state index contributed by atoms with van der Waals surface area (Å²) in [6, 6.07) is 33.2. The van der Waals surface area contributed by atoms with Crippen LogP contribution >= 0.6 is 0 Å². The topological polar surface area (TPSA) is 9.23 Å². The van der Waals surface area contributed by atoms with Gasteiger partial charge in [0.15, 0.2) is 0 Å². The Hall–Kier alpha value is -3.84. The first kappa shape index (κ1) is 20.4. The minimum Gasteiger partial charge on any atom is -0.457 e. The van der Waals surface area contributed by atoms with E-state index in [9.17, 15) is 0 Å². The highest BCUT2D eigenvalue weighted by atomic mass is 16.5. The van der Waals surface area contributed by atoms with Crippen LogP contribution in [0.25, 0.3) is 22.3 Å². The van der Waals surface area contributed by atoms with Gasteiger partial charge in [-0.3, -0.25) is 0 Å². The lowest BCUT2D eigenvalue weighted by atomic mass is 9.95. The molecule has 0 atom stereocenters. The zero-order chi connectivity index (χ0) is 21.8. The maximum absolute atomic E-state index is 5.93. The fourth-order valence-corrected chi connectivity index (χ4v) is 3.44. The summed E-state index contributed by atoms with van der Waals surface area (Å²) in [5, 5.41) is 0. The van der Waals surface area contributed by atoms with Crippen LogP contribution in [0.15, 0.2) is 110 Å². The second kappa shape index (κ2) is 8.89. The maximum atomic E-state index is 5.93. The van der Waals surface area contributed by atoms with E-state index in [0.717, 1.165) is 50.5 Å². The molecule has 1 heteroatoms. The summed E-state index contributed by atoms with van der Waals surface area (Å²) in [6.45, 7) is 12.4. The molecule has 1 nitrogen and oxygen atoms in total. The SMILES string of the molecule is C=C(C)c1ccc(C(=C)c2ccc(-c3ccc(Oc4ccc(C)cc4)cc3)cc2)cc1. The average molecular weight is 403 g/mol. The van der Waals surface area contributed by atoms with Crippen molar-refractivity contribution in [3.05, 3.63) is 132 Å². The maximum Gasteiger partial charge on any atom is 0.127 e. The lowest BCUT2D eigenvalue weighted by Crippen LogP contribution is -1.88. The number of allylic oxidation sites excluding steroid dienone is 1. The highest BCUT2D eigenvalue weighted by Gasteiger charge is 2.05. The Morgan fingerprint density at radius 1 is 0.548 bits per heavy atom. The molecule has 0 amide bonds. The van der Waals surface area contributed by atoms with Gasteiger partial charge in [0.05, 0.1) is 0 Å². The van der Waals surface area contributed by atoms with Crippen LogP contribution in [0.5, 0.6) is 11.5 Å². The van der Waals surface area contributed by atoms with E-state index in [-0.39, 0.29) is 0 Å². The van der Waals surface area contributed by atoms with E-state index in [2.05, 4.69) is 80.7 Å². The van der Waals surface area contributed by atoms with E-state index in [1.165, 1.54) is 5.56 Å². The van der Waals surface area contributed by atoms with E-state index in [1.54, 1.807) is 0 Å². The van der Waals surface area contributed by atoms with Crippen LogP contribution in [0.3, 0.4) is 0 Å². The third-order valence-corrected chi connectivity index (χ3v) is 5.40. The van der Waals surface area contributed by atoms with E-state index in [4.69, 9.17) is 4.74 Å². The van der Waals surface area contributed by atoms with Crippen molar-refractivity contribution in [2.75, 3.05) is 0 Å². The van der Waals surface area contributed by atoms with E-state index < -0.39 is 0 Å². The number of ether oxygens (including phenoxy) is 1. The molecule has 4 aromatic rings. The molecular formula is C30H26O. The molecule has 0 saturated carbocycles. The number of rotatable bonds is 6. The second-order valence-corrected chi connectivity index (χ2v) is 7.85. The lowest BCUT2D eigenvalue weighted by molar-refractivity contribution is 0.482. The molecule has 4 aromatic carbocycles. The van der Waals surface area contributed by atoms with Crippen molar-refractivity contribution >= 4 is 11.1 Å². The molecule has 0 aliphatic heterocycles. The molecular weight excluding hydrogens is 376 g/mol. The van der Waals surface area contributed by atoms with Gasteiger partial charge in [0, 0.05) is 0 Å². The predicted molar refractivity (Wildman–Crippen MR) is 132 cm³/mol. The van der Waals surface area contributed by atoms with E-state index >= 15 is 0 Å². The quantitative estimate of drug-likeness (QED) is 0.314. The Bertz CT molecular complexity index is 1190. The largest absolute Gasteiger partial charge is 0.457 e. The summed E-state index contributed by atoms with van der Waals surface area (Å²) in [7, 11) is 0. The number of hydrogen-bond donors (Lipinski definition) is 0. The third kappa shape index (κ3) is 4.84. The van der Waals surface area contributed by atoms with Crippen molar-refractivity contribution in [3.8, 4) is 22.6 Å². The Balaban J connectivity index is 1.46. The minimum absolute atomic E-state index is 0.829. The first-order valence-electron chi connectivity index (χ1n) is 10.4. The van der Waals surface area contributed by atoms with Gasteiger partial charge < -0.3 is 4.74 Å². The monoisotopic (exact) mass is 402 g/mol. The molecule has 0 aliphatic carbocycles. The van der Waals surface area contributed by atoms with Gasteiger partial charge in [0.1, 0.15) is 11.5 Å². The Kier molecular flexibility index (Phi) is 5.86. The van der Waals surface area contributed by atoms with Crippen LogP contribution in [0.1, 0.15) is 29.2 Å². The van der Waals surface area contributed by atoms with E-state index in [0.29, 0.717) is 0 Å². The predicted octanol–water partition coefficient (Wildman–Crippen LogP) is 8.55. The normalized spacial score (nSPS) is 10.5. The van der Waals surface area contributed by atoms with Gasteiger partial charge in [-0.1, -0.05) is 97.1 Å². The molecule has 4 rings (SSSR count). The van der Waals surface area contributed by atoms with Gasteiger partial charge in [0.2, 0.25) is 0 Å². The van der Waals surface area contributed by atoms with Gasteiger partial charge >= 0.3 is 0 Å². The Labute approximate surface area is 185 Å². The average Bonchev–Trinajstić information content (AvgIpc) is 2.81. The summed E-state index contributed by atoms with van der Waals surface area (Å²) in [4.78, 5) is 0. The molecule has 0 aliphatic rings.